The van der Waals surface area contributed by atoms with Crippen molar-refractivity contribution in [2.45, 2.75) is 72.4 Å². The fourth-order valence-corrected chi connectivity index (χ4v) is 4.55. The molecule has 8 heteroatoms. The molecule has 0 fully saturated rings. The molecule has 0 bridgehead atoms. The first-order chi connectivity index (χ1) is 16.8. The summed E-state index contributed by atoms with van der Waals surface area (Å²) < 4.78 is 7.37. The van der Waals surface area contributed by atoms with Gasteiger partial charge >= 0.3 is 6.09 Å². The van der Waals surface area contributed by atoms with Crippen LogP contribution in [0.2, 0.25) is 0 Å². The van der Waals surface area contributed by atoms with Crippen LogP contribution in [-0.4, -0.2) is 59.2 Å². The van der Waals surface area contributed by atoms with E-state index in [0.29, 0.717) is 6.42 Å². The predicted molar refractivity (Wildman–Crippen MR) is 143 cm³/mol. The number of carbonyl (C=O) groups is 2. The normalized spacial score (nSPS) is 14.6. The summed E-state index contributed by atoms with van der Waals surface area (Å²) >= 11 is 0. The monoisotopic (exact) mass is 503 g/mol. The number of rotatable bonds is 13. The van der Waals surface area contributed by atoms with Crippen LogP contribution in [0, 0.1) is 17.3 Å². The number of benzene rings is 1. The Morgan fingerprint density at radius 1 is 1.19 bits per heavy atom. The Hall–Kier alpha value is -2.58. The summed E-state index contributed by atoms with van der Waals surface area (Å²) in [6.45, 7) is 10.3. The van der Waals surface area contributed by atoms with Crippen molar-refractivity contribution in [1.29, 1.82) is 0 Å². The molecule has 0 aliphatic rings. The molecule has 36 heavy (non-hydrogen) atoms. The number of hydrogen-bond acceptors (Lipinski definition) is 4. The number of ether oxygens (including phenoxy) is 1. The number of aromatic nitrogens is 1. The molecule has 202 valence electrons. The van der Waals surface area contributed by atoms with Crippen LogP contribution in [-0.2, 0) is 29.4 Å². The van der Waals surface area contributed by atoms with Crippen LogP contribution in [0.5, 0.6) is 0 Å². The minimum Gasteiger partial charge on any atom is -0.465 e. The van der Waals surface area contributed by atoms with Crippen LogP contribution in [0.1, 0.15) is 58.6 Å². The maximum atomic E-state index is 12.2. The molecule has 2 amide bonds. The molecule has 0 spiro atoms. The minimum atomic E-state index is -1.19. The lowest BCUT2D eigenvalue weighted by Gasteiger charge is -2.30. The molecule has 1 aromatic heterocycles. The van der Waals surface area contributed by atoms with Crippen molar-refractivity contribution in [3.05, 3.63) is 35.5 Å². The largest absolute Gasteiger partial charge is 0.465 e. The summed E-state index contributed by atoms with van der Waals surface area (Å²) in [5.74, 6) is 0.216. The zero-order valence-electron chi connectivity index (χ0n) is 22.9. The molecule has 0 saturated carbocycles. The SMILES string of the molecule is COCCCc1cn(C)c2ccc(CC(CC(NC(=O)O)C(O)CNC(=O)C(C)(C)C)C(C)C)cc12. The lowest BCUT2D eigenvalue weighted by Crippen LogP contribution is -2.50. The number of nitrogens with zero attached hydrogens (tertiary/aromatic N) is 1. The lowest BCUT2D eigenvalue weighted by atomic mass is 9.82. The van der Waals surface area contributed by atoms with E-state index in [1.54, 1.807) is 27.9 Å². The van der Waals surface area contributed by atoms with E-state index in [1.165, 1.54) is 22.0 Å². The third-order valence-electron chi connectivity index (χ3n) is 6.85. The summed E-state index contributed by atoms with van der Waals surface area (Å²) in [5.41, 5.74) is 3.07. The zero-order chi connectivity index (χ0) is 27.0. The Labute approximate surface area is 215 Å². The summed E-state index contributed by atoms with van der Waals surface area (Å²) in [6.07, 6.45) is 3.09. The van der Waals surface area contributed by atoms with E-state index in [1.807, 2.05) is 0 Å². The molecule has 2 rings (SSSR count). The van der Waals surface area contributed by atoms with Crippen molar-refractivity contribution in [2.75, 3.05) is 20.3 Å². The zero-order valence-corrected chi connectivity index (χ0v) is 22.9. The summed E-state index contributed by atoms with van der Waals surface area (Å²) in [7, 11) is 3.77. The van der Waals surface area contributed by atoms with E-state index in [9.17, 15) is 19.8 Å². The molecule has 8 nitrogen and oxygen atoms in total. The number of hydrogen-bond donors (Lipinski definition) is 4. The number of carbonyl (C=O) groups excluding carboxylic acids is 1. The average Bonchev–Trinajstić information content (AvgIpc) is 3.10. The van der Waals surface area contributed by atoms with Gasteiger partial charge in [0.05, 0.1) is 12.1 Å². The second kappa shape index (κ2) is 13.1. The molecule has 0 radical (unpaired) electrons. The van der Waals surface area contributed by atoms with Gasteiger partial charge < -0.3 is 30.2 Å². The molecule has 0 aliphatic carbocycles. The highest BCUT2D eigenvalue weighted by Gasteiger charge is 2.29. The molecular formula is C28H45N3O5. The van der Waals surface area contributed by atoms with Gasteiger partial charge in [-0.05, 0) is 60.8 Å². The number of methoxy groups -OCH3 is 1. The fraction of sp³-hybridized carbons (Fsp3) is 0.643. The smallest absolute Gasteiger partial charge is 0.404 e. The first-order valence-corrected chi connectivity index (χ1v) is 12.8. The van der Waals surface area contributed by atoms with Crippen LogP contribution in [0.3, 0.4) is 0 Å². The first kappa shape index (κ1) is 29.6. The van der Waals surface area contributed by atoms with E-state index < -0.39 is 23.7 Å². The van der Waals surface area contributed by atoms with Crippen LogP contribution in [0.25, 0.3) is 10.9 Å². The first-order valence-electron chi connectivity index (χ1n) is 12.8. The molecule has 4 N–H and O–H groups in total. The van der Waals surface area contributed by atoms with E-state index in [0.717, 1.165) is 25.9 Å². The van der Waals surface area contributed by atoms with Gasteiger partial charge in [0.1, 0.15) is 0 Å². The van der Waals surface area contributed by atoms with Crippen molar-refractivity contribution < 1.29 is 24.5 Å². The van der Waals surface area contributed by atoms with Gasteiger partial charge in [0.25, 0.3) is 0 Å². The number of aliphatic hydroxyl groups excluding tert-OH is 1. The van der Waals surface area contributed by atoms with Gasteiger partial charge in [0, 0.05) is 49.8 Å². The standard InChI is InChI=1S/C28H45N3O5/c1-18(2)21(15-23(30-27(34)35)25(32)16-29-26(33)28(3,4)5)13-19-10-11-24-22(14-19)20(17-31(24)6)9-8-12-36-7/h10-11,14,17-18,21,23,25,30,32H,8-9,12-13,15-16H2,1-7H3,(H,29,33)(H,34,35). The molecular weight excluding hydrogens is 458 g/mol. The number of aryl methyl sites for hydroxylation is 2. The summed E-state index contributed by atoms with van der Waals surface area (Å²) in [6, 6.07) is 5.83. The maximum Gasteiger partial charge on any atom is 0.404 e. The average molecular weight is 504 g/mol. The van der Waals surface area contributed by atoms with Gasteiger partial charge in [-0.3, -0.25) is 4.79 Å². The van der Waals surface area contributed by atoms with E-state index in [-0.39, 0.29) is 24.3 Å². The van der Waals surface area contributed by atoms with Crippen molar-refractivity contribution in [3.8, 4) is 0 Å². The summed E-state index contributed by atoms with van der Waals surface area (Å²) in [4.78, 5) is 23.7. The van der Waals surface area contributed by atoms with Gasteiger partial charge in [-0.25, -0.2) is 4.79 Å². The molecule has 3 unspecified atom stereocenters. The second-order valence-electron chi connectivity index (χ2n) is 11.2. The molecule has 0 saturated heterocycles. The lowest BCUT2D eigenvalue weighted by molar-refractivity contribution is -0.129. The van der Waals surface area contributed by atoms with Crippen LogP contribution in [0.4, 0.5) is 4.79 Å². The number of carboxylic acid groups (broad SMARTS) is 1. The molecule has 0 aliphatic heterocycles. The molecule has 2 aromatic rings. The fourth-order valence-electron chi connectivity index (χ4n) is 4.55. The highest BCUT2D eigenvalue weighted by atomic mass is 16.5. The number of fused-ring (bicyclic) bond motifs is 1. The quantitative estimate of drug-likeness (QED) is 0.307. The highest BCUT2D eigenvalue weighted by molar-refractivity contribution is 5.84. The predicted octanol–water partition coefficient (Wildman–Crippen LogP) is 4.12. The third-order valence-corrected chi connectivity index (χ3v) is 6.85. The van der Waals surface area contributed by atoms with Gasteiger partial charge in [0.2, 0.25) is 5.91 Å². The van der Waals surface area contributed by atoms with Crippen LogP contribution < -0.4 is 10.6 Å². The minimum absolute atomic E-state index is 0.00727. The third kappa shape index (κ3) is 8.52. The van der Waals surface area contributed by atoms with Gasteiger partial charge in [-0.15, -0.1) is 0 Å². The number of amides is 2. The topological polar surface area (TPSA) is 113 Å². The van der Waals surface area contributed by atoms with Crippen molar-refractivity contribution in [1.82, 2.24) is 15.2 Å². The van der Waals surface area contributed by atoms with E-state index in [2.05, 4.69) is 60.5 Å². The Morgan fingerprint density at radius 3 is 2.47 bits per heavy atom. The number of nitrogens with one attached hydrogen (secondary N) is 2. The van der Waals surface area contributed by atoms with Gasteiger partial charge in [-0.1, -0.05) is 40.7 Å². The van der Waals surface area contributed by atoms with E-state index >= 15 is 0 Å². The van der Waals surface area contributed by atoms with Gasteiger partial charge in [-0.2, -0.15) is 0 Å². The van der Waals surface area contributed by atoms with Crippen LogP contribution in [0.15, 0.2) is 24.4 Å². The van der Waals surface area contributed by atoms with Crippen LogP contribution >= 0.6 is 0 Å². The Bertz CT molecular complexity index is 1010. The summed E-state index contributed by atoms with van der Waals surface area (Å²) in [5, 5.41) is 26.7. The van der Waals surface area contributed by atoms with Gasteiger partial charge in [0.15, 0.2) is 0 Å². The maximum absolute atomic E-state index is 12.2. The number of aliphatic hydroxyl groups is 1. The molecule has 3 atom stereocenters. The van der Waals surface area contributed by atoms with Crippen molar-refractivity contribution >= 4 is 22.9 Å². The van der Waals surface area contributed by atoms with E-state index in [4.69, 9.17) is 4.74 Å². The Balaban J connectivity index is 2.19. The Kier molecular flexibility index (Phi) is 10.8. The Morgan fingerprint density at radius 2 is 1.89 bits per heavy atom. The van der Waals surface area contributed by atoms with Crippen molar-refractivity contribution in [2.24, 2.45) is 24.3 Å². The molecule has 1 aromatic carbocycles. The second-order valence-corrected chi connectivity index (χ2v) is 11.2. The van der Waals surface area contributed by atoms with Crippen molar-refractivity contribution in [3.63, 3.8) is 0 Å². The molecule has 1 heterocycles. The highest BCUT2D eigenvalue weighted by Crippen LogP contribution is 2.28.